The Balaban J connectivity index is 2.04. The lowest BCUT2D eigenvalue weighted by Gasteiger charge is -2.40. The first kappa shape index (κ1) is 15.5. The molecule has 0 aromatic carbocycles. The molecule has 114 valence electrons. The van der Waals surface area contributed by atoms with Crippen molar-refractivity contribution in [3.8, 4) is 0 Å². The summed E-state index contributed by atoms with van der Waals surface area (Å²) < 4.78 is 2.19. The highest BCUT2D eigenvalue weighted by Gasteiger charge is 2.31. The molecule has 1 N–H and O–H groups in total. The van der Waals surface area contributed by atoms with Crippen LogP contribution in [0.5, 0.6) is 0 Å². The second kappa shape index (κ2) is 6.27. The van der Waals surface area contributed by atoms with Gasteiger partial charge >= 0.3 is 0 Å². The number of nitrogens with zero attached hydrogens (tertiary/aromatic N) is 3. The maximum absolute atomic E-state index is 4.81. The minimum absolute atomic E-state index is 0.103. The molecule has 1 atom stereocenters. The van der Waals surface area contributed by atoms with Gasteiger partial charge in [-0.05, 0) is 53.9 Å². The summed E-state index contributed by atoms with van der Waals surface area (Å²) in [6.45, 7) is 4.56. The highest BCUT2D eigenvalue weighted by Crippen LogP contribution is 2.29. The number of aromatic nitrogens is 2. The third-order valence-corrected chi connectivity index (χ3v) is 5.13. The van der Waals surface area contributed by atoms with Crippen molar-refractivity contribution in [1.29, 1.82) is 0 Å². The zero-order valence-electron chi connectivity index (χ0n) is 13.7. The first-order chi connectivity index (χ1) is 9.45. The summed E-state index contributed by atoms with van der Waals surface area (Å²) >= 11 is 0. The molecule has 4 nitrogen and oxygen atoms in total. The van der Waals surface area contributed by atoms with Gasteiger partial charge in [0.25, 0.3) is 0 Å². The Labute approximate surface area is 123 Å². The first-order valence-corrected chi connectivity index (χ1v) is 7.84. The average Bonchev–Trinajstić information content (AvgIpc) is 3.06. The third-order valence-electron chi connectivity index (χ3n) is 5.13. The molecule has 0 aliphatic heterocycles. The highest BCUT2D eigenvalue weighted by atomic mass is 15.3. The summed E-state index contributed by atoms with van der Waals surface area (Å²) in [7, 11) is 6.33. The van der Waals surface area contributed by atoms with Crippen LogP contribution in [0, 0.1) is 0 Å². The molecule has 4 heteroatoms. The van der Waals surface area contributed by atoms with E-state index in [4.69, 9.17) is 5.10 Å². The van der Waals surface area contributed by atoms with E-state index in [0.717, 1.165) is 6.42 Å². The van der Waals surface area contributed by atoms with Crippen molar-refractivity contribution in [2.75, 3.05) is 21.1 Å². The van der Waals surface area contributed by atoms with Gasteiger partial charge in [-0.3, -0.25) is 4.68 Å². The van der Waals surface area contributed by atoms with Crippen LogP contribution in [-0.2, 0) is 6.42 Å². The normalized spacial score (nSPS) is 18.9. The molecular weight excluding hydrogens is 248 g/mol. The molecule has 1 aromatic rings. The fourth-order valence-corrected chi connectivity index (χ4v) is 3.08. The van der Waals surface area contributed by atoms with Crippen molar-refractivity contribution in [2.24, 2.45) is 0 Å². The van der Waals surface area contributed by atoms with Crippen LogP contribution in [0.3, 0.4) is 0 Å². The highest BCUT2D eigenvalue weighted by molar-refractivity contribution is 5.06. The predicted octanol–water partition coefficient (Wildman–Crippen LogP) is 2.47. The number of nitrogens with one attached hydrogen (secondary N) is 1. The Hall–Kier alpha value is -0.870. The molecule has 1 fully saturated rings. The molecule has 0 amide bonds. The zero-order valence-corrected chi connectivity index (χ0v) is 13.7. The SMILES string of the molecule is CNC(Cc1ccn(C2CCCC2)n1)C(C)(C)N(C)C. The first-order valence-electron chi connectivity index (χ1n) is 7.84. The number of hydrogen-bond acceptors (Lipinski definition) is 3. The monoisotopic (exact) mass is 278 g/mol. The second-order valence-corrected chi connectivity index (χ2v) is 6.82. The van der Waals surface area contributed by atoms with Gasteiger partial charge in [0.1, 0.15) is 0 Å². The molecule has 0 bridgehead atoms. The van der Waals surface area contributed by atoms with Gasteiger partial charge in [-0.25, -0.2) is 0 Å². The zero-order chi connectivity index (χ0) is 14.8. The number of rotatable bonds is 6. The Bertz CT molecular complexity index is 416. The summed E-state index contributed by atoms with van der Waals surface area (Å²) in [6, 6.07) is 3.22. The van der Waals surface area contributed by atoms with Gasteiger partial charge in [0, 0.05) is 24.2 Å². The summed E-state index contributed by atoms with van der Waals surface area (Å²) in [5.74, 6) is 0. The Morgan fingerprint density at radius 3 is 2.60 bits per heavy atom. The molecule has 1 heterocycles. The van der Waals surface area contributed by atoms with Crippen LogP contribution in [0.15, 0.2) is 12.3 Å². The van der Waals surface area contributed by atoms with Crippen LogP contribution in [-0.4, -0.2) is 47.4 Å². The fourth-order valence-electron chi connectivity index (χ4n) is 3.08. The lowest BCUT2D eigenvalue weighted by molar-refractivity contribution is 0.141. The Kier molecular flexibility index (Phi) is 4.86. The van der Waals surface area contributed by atoms with Crippen LogP contribution in [0.2, 0.25) is 0 Å². The molecule has 1 unspecified atom stereocenters. The van der Waals surface area contributed by atoms with Crippen molar-refractivity contribution in [2.45, 2.75) is 63.6 Å². The molecule has 0 radical (unpaired) electrons. The van der Waals surface area contributed by atoms with Gasteiger partial charge in [-0.1, -0.05) is 12.8 Å². The molecule has 20 heavy (non-hydrogen) atoms. The van der Waals surface area contributed by atoms with Gasteiger partial charge in [0.2, 0.25) is 0 Å². The van der Waals surface area contributed by atoms with E-state index in [1.807, 2.05) is 7.05 Å². The van der Waals surface area contributed by atoms with Crippen LogP contribution in [0.1, 0.15) is 51.3 Å². The van der Waals surface area contributed by atoms with E-state index in [1.54, 1.807) is 0 Å². The van der Waals surface area contributed by atoms with Crippen LogP contribution in [0.4, 0.5) is 0 Å². The van der Waals surface area contributed by atoms with Gasteiger partial charge in [-0.15, -0.1) is 0 Å². The molecule has 1 saturated carbocycles. The van der Waals surface area contributed by atoms with E-state index in [1.165, 1.54) is 31.4 Å². The average molecular weight is 278 g/mol. The van der Waals surface area contributed by atoms with E-state index in [0.29, 0.717) is 12.1 Å². The maximum Gasteiger partial charge on any atom is 0.0640 e. The number of likely N-dealkylation sites (N-methyl/N-ethyl adjacent to an activating group) is 2. The van der Waals surface area contributed by atoms with Gasteiger partial charge in [0.15, 0.2) is 0 Å². The molecule has 1 aromatic heterocycles. The summed E-state index contributed by atoms with van der Waals surface area (Å²) in [5.41, 5.74) is 1.30. The van der Waals surface area contributed by atoms with E-state index in [-0.39, 0.29) is 5.54 Å². The van der Waals surface area contributed by atoms with Gasteiger partial charge in [-0.2, -0.15) is 5.10 Å². The second-order valence-electron chi connectivity index (χ2n) is 6.82. The molecule has 1 aliphatic carbocycles. The fraction of sp³-hybridized carbons (Fsp3) is 0.812. The van der Waals surface area contributed by atoms with Crippen LogP contribution < -0.4 is 5.32 Å². The smallest absolute Gasteiger partial charge is 0.0640 e. The molecule has 1 aliphatic rings. The summed E-state index contributed by atoms with van der Waals surface area (Å²) in [6.07, 6.45) is 8.43. The van der Waals surface area contributed by atoms with E-state index in [9.17, 15) is 0 Å². The third kappa shape index (κ3) is 3.23. The maximum atomic E-state index is 4.81. The lowest BCUT2D eigenvalue weighted by Crippen LogP contribution is -2.55. The Morgan fingerprint density at radius 1 is 1.40 bits per heavy atom. The lowest BCUT2D eigenvalue weighted by atomic mass is 9.90. The van der Waals surface area contributed by atoms with Crippen molar-refractivity contribution in [1.82, 2.24) is 20.0 Å². The van der Waals surface area contributed by atoms with E-state index >= 15 is 0 Å². The summed E-state index contributed by atoms with van der Waals surface area (Å²) in [5, 5.41) is 8.27. The van der Waals surface area contributed by atoms with Crippen molar-refractivity contribution >= 4 is 0 Å². The Morgan fingerprint density at radius 2 is 2.05 bits per heavy atom. The minimum atomic E-state index is 0.103. The summed E-state index contributed by atoms with van der Waals surface area (Å²) in [4.78, 5) is 2.28. The standard InChI is InChI=1S/C16H30N4/c1-16(2,19(4)5)15(17-3)12-13-10-11-20(18-13)14-8-6-7-9-14/h10-11,14-15,17H,6-9,12H2,1-5H3. The van der Waals surface area contributed by atoms with Crippen molar-refractivity contribution in [3.63, 3.8) is 0 Å². The van der Waals surface area contributed by atoms with Crippen molar-refractivity contribution in [3.05, 3.63) is 18.0 Å². The topological polar surface area (TPSA) is 33.1 Å². The van der Waals surface area contributed by atoms with Crippen LogP contribution in [0.25, 0.3) is 0 Å². The molecular formula is C16H30N4. The molecule has 0 spiro atoms. The van der Waals surface area contributed by atoms with Crippen molar-refractivity contribution < 1.29 is 0 Å². The minimum Gasteiger partial charge on any atom is -0.315 e. The van der Waals surface area contributed by atoms with Gasteiger partial charge in [0.05, 0.1) is 11.7 Å². The largest absolute Gasteiger partial charge is 0.315 e. The van der Waals surface area contributed by atoms with E-state index < -0.39 is 0 Å². The van der Waals surface area contributed by atoms with Crippen LogP contribution >= 0.6 is 0 Å². The van der Waals surface area contributed by atoms with Gasteiger partial charge < -0.3 is 10.2 Å². The molecule has 0 saturated heterocycles. The van der Waals surface area contributed by atoms with E-state index in [2.05, 4.69) is 55.1 Å². The predicted molar refractivity (Wildman–Crippen MR) is 84.0 cm³/mol. The number of hydrogen-bond donors (Lipinski definition) is 1. The molecule has 2 rings (SSSR count). The quantitative estimate of drug-likeness (QED) is 0.868.